The Morgan fingerprint density at radius 2 is 2.00 bits per heavy atom. The standard InChI is InChI=1S/C15H24N2O3/c1-4-15(3,5-2)17-14(20)16-10-13(19)11-7-6-8-12(18)9-11/h6-9,13,18-19H,4-5,10H2,1-3H3,(H2,16,17,20)/t13-/m0/s1. The number of aromatic hydroxyl groups is 1. The van der Waals surface area contributed by atoms with Crippen LogP contribution < -0.4 is 10.6 Å². The van der Waals surface area contributed by atoms with E-state index in [1.165, 1.54) is 12.1 Å². The molecular formula is C15H24N2O3. The SMILES string of the molecule is CCC(C)(CC)NC(=O)NC[C@H](O)c1cccc(O)c1. The zero-order valence-electron chi connectivity index (χ0n) is 12.3. The number of urea groups is 1. The number of amides is 2. The summed E-state index contributed by atoms with van der Waals surface area (Å²) in [5, 5.41) is 24.8. The maximum absolute atomic E-state index is 11.8. The maximum atomic E-state index is 11.8. The Morgan fingerprint density at radius 3 is 2.55 bits per heavy atom. The third-order valence-electron chi connectivity index (χ3n) is 3.69. The number of rotatable bonds is 6. The van der Waals surface area contributed by atoms with Crippen LogP contribution in [0.5, 0.6) is 5.75 Å². The molecule has 20 heavy (non-hydrogen) atoms. The van der Waals surface area contributed by atoms with Gasteiger partial charge in [0.15, 0.2) is 0 Å². The van der Waals surface area contributed by atoms with E-state index in [9.17, 15) is 15.0 Å². The minimum Gasteiger partial charge on any atom is -0.508 e. The van der Waals surface area contributed by atoms with Gasteiger partial charge in [-0.15, -0.1) is 0 Å². The van der Waals surface area contributed by atoms with Gasteiger partial charge in [-0.25, -0.2) is 4.79 Å². The molecule has 1 rings (SSSR count). The van der Waals surface area contributed by atoms with E-state index < -0.39 is 6.10 Å². The number of aliphatic hydroxyl groups excluding tert-OH is 1. The predicted octanol–water partition coefficient (Wildman–Crippen LogP) is 2.30. The average molecular weight is 280 g/mol. The highest BCUT2D eigenvalue weighted by Gasteiger charge is 2.22. The molecule has 0 aliphatic heterocycles. The Hall–Kier alpha value is -1.75. The molecule has 0 aliphatic rings. The lowest BCUT2D eigenvalue weighted by molar-refractivity contribution is 0.170. The Balaban J connectivity index is 2.49. The highest BCUT2D eigenvalue weighted by atomic mass is 16.3. The first-order valence-corrected chi connectivity index (χ1v) is 6.93. The monoisotopic (exact) mass is 280 g/mol. The number of hydrogen-bond donors (Lipinski definition) is 4. The summed E-state index contributed by atoms with van der Waals surface area (Å²) in [4.78, 5) is 11.8. The van der Waals surface area contributed by atoms with Crippen molar-refractivity contribution >= 4 is 6.03 Å². The van der Waals surface area contributed by atoms with Crippen molar-refractivity contribution in [2.45, 2.75) is 45.3 Å². The van der Waals surface area contributed by atoms with E-state index in [1.807, 2.05) is 20.8 Å². The molecule has 0 fully saturated rings. The Morgan fingerprint density at radius 1 is 1.35 bits per heavy atom. The molecule has 1 aromatic carbocycles. The van der Waals surface area contributed by atoms with Crippen LogP contribution in [-0.4, -0.2) is 28.3 Å². The largest absolute Gasteiger partial charge is 0.508 e. The molecule has 0 aliphatic carbocycles. The molecule has 1 atom stereocenters. The molecule has 0 unspecified atom stereocenters. The minimum atomic E-state index is -0.845. The van der Waals surface area contributed by atoms with E-state index >= 15 is 0 Å². The van der Waals surface area contributed by atoms with Crippen molar-refractivity contribution in [2.24, 2.45) is 0 Å². The quantitative estimate of drug-likeness (QED) is 0.645. The first-order chi connectivity index (χ1) is 9.40. The maximum Gasteiger partial charge on any atom is 0.315 e. The van der Waals surface area contributed by atoms with Gasteiger partial charge in [0.25, 0.3) is 0 Å². The molecule has 2 amide bonds. The summed E-state index contributed by atoms with van der Waals surface area (Å²) in [6.07, 6.45) is 0.834. The van der Waals surface area contributed by atoms with Crippen LogP contribution in [0.4, 0.5) is 4.79 Å². The number of carbonyl (C=O) groups excluding carboxylic acids is 1. The van der Waals surface area contributed by atoms with E-state index in [1.54, 1.807) is 12.1 Å². The zero-order chi connectivity index (χ0) is 15.2. The molecule has 0 saturated carbocycles. The first-order valence-electron chi connectivity index (χ1n) is 6.93. The summed E-state index contributed by atoms with van der Waals surface area (Å²) in [6, 6.07) is 6.07. The molecule has 0 saturated heterocycles. The number of phenolic OH excluding ortho intramolecular Hbond substituents is 1. The topological polar surface area (TPSA) is 81.6 Å². The molecule has 5 heteroatoms. The Labute approximate surface area is 120 Å². The van der Waals surface area contributed by atoms with Crippen LogP contribution in [0.25, 0.3) is 0 Å². The van der Waals surface area contributed by atoms with E-state index in [2.05, 4.69) is 10.6 Å². The molecule has 5 nitrogen and oxygen atoms in total. The van der Waals surface area contributed by atoms with Crippen LogP contribution in [0.1, 0.15) is 45.3 Å². The van der Waals surface area contributed by atoms with Gasteiger partial charge >= 0.3 is 6.03 Å². The van der Waals surface area contributed by atoms with Gasteiger partial charge in [0.05, 0.1) is 6.10 Å². The average Bonchev–Trinajstić information content (AvgIpc) is 2.44. The lowest BCUT2D eigenvalue weighted by Crippen LogP contribution is -2.50. The van der Waals surface area contributed by atoms with Gasteiger partial charge < -0.3 is 20.8 Å². The second-order valence-corrected chi connectivity index (χ2v) is 5.21. The second kappa shape index (κ2) is 7.14. The molecule has 4 N–H and O–H groups in total. The third-order valence-corrected chi connectivity index (χ3v) is 3.69. The van der Waals surface area contributed by atoms with Gasteiger partial charge in [-0.3, -0.25) is 0 Å². The van der Waals surface area contributed by atoms with Gasteiger partial charge in [-0.05, 0) is 37.5 Å². The van der Waals surface area contributed by atoms with Gasteiger partial charge in [-0.1, -0.05) is 26.0 Å². The highest BCUT2D eigenvalue weighted by Crippen LogP contribution is 2.17. The van der Waals surface area contributed by atoms with Crippen molar-refractivity contribution in [3.63, 3.8) is 0 Å². The molecule has 0 aromatic heterocycles. The number of aliphatic hydroxyl groups is 1. The van der Waals surface area contributed by atoms with Crippen LogP contribution in [0.2, 0.25) is 0 Å². The molecular weight excluding hydrogens is 256 g/mol. The molecule has 0 spiro atoms. The molecule has 112 valence electrons. The van der Waals surface area contributed by atoms with Crippen molar-refractivity contribution < 1.29 is 15.0 Å². The van der Waals surface area contributed by atoms with Crippen LogP contribution in [-0.2, 0) is 0 Å². The van der Waals surface area contributed by atoms with Crippen LogP contribution in [0, 0.1) is 0 Å². The lowest BCUT2D eigenvalue weighted by Gasteiger charge is -2.28. The number of benzene rings is 1. The normalized spacial score (nSPS) is 12.8. The first kappa shape index (κ1) is 16.3. The summed E-state index contributed by atoms with van der Waals surface area (Å²) in [6.45, 7) is 6.12. The smallest absolute Gasteiger partial charge is 0.315 e. The fourth-order valence-electron chi connectivity index (χ4n) is 1.78. The van der Waals surface area contributed by atoms with E-state index in [-0.39, 0.29) is 23.9 Å². The van der Waals surface area contributed by atoms with Crippen molar-refractivity contribution in [2.75, 3.05) is 6.54 Å². The van der Waals surface area contributed by atoms with E-state index in [4.69, 9.17) is 0 Å². The second-order valence-electron chi connectivity index (χ2n) is 5.21. The number of carbonyl (C=O) groups is 1. The third kappa shape index (κ3) is 4.74. The molecule has 0 bridgehead atoms. The molecule has 0 heterocycles. The Bertz CT molecular complexity index is 444. The van der Waals surface area contributed by atoms with E-state index in [0.29, 0.717) is 5.56 Å². The molecule has 1 aromatic rings. The van der Waals surface area contributed by atoms with Crippen molar-refractivity contribution in [1.82, 2.24) is 10.6 Å². The number of nitrogens with one attached hydrogen (secondary N) is 2. The van der Waals surface area contributed by atoms with Gasteiger partial charge in [0.1, 0.15) is 5.75 Å². The molecule has 0 radical (unpaired) electrons. The van der Waals surface area contributed by atoms with Crippen LogP contribution >= 0.6 is 0 Å². The van der Waals surface area contributed by atoms with Crippen LogP contribution in [0.15, 0.2) is 24.3 Å². The van der Waals surface area contributed by atoms with Crippen LogP contribution in [0.3, 0.4) is 0 Å². The van der Waals surface area contributed by atoms with Gasteiger partial charge in [-0.2, -0.15) is 0 Å². The Kier molecular flexibility index (Phi) is 5.82. The summed E-state index contributed by atoms with van der Waals surface area (Å²) >= 11 is 0. The highest BCUT2D eigenvalue weighted by molar-refractivity contribution is 5.74. The van der Waals surface area contributed by atoms with Crippen molar-refractivity contribution in [1.29, 1.82) is 0 Å². The number of phenols is 1. The fraction of sp³-hybridized carbons (Fsp3) is 0.533. The van der Waals surface area contributed by atoms with Crippen molar-refractivity contribution in [3.8, 4) is 5.75 Å². The van der Waals surface area contributed by atoms with Gasteiger partial charge in [0, 0.05) is 12.1 Å². The minimum absolute atomic E-state index is 0.0931. The summed E-state index contributed by atoms with van der Waals surface area (Å²) in [7, 11) is 0. The fourth-order valence-corrected chi connectivity index (χ4v) is 1.78. The summed E-state index contributed by atoms with van der Waals surface area (Å²) < 4.78 is 0. The number of hydrogen-bond acceptors (Lipinski definition) is 3. The zero-order valence-corrected chi connectivity index (χ0v) is 12.3. The summed E-state index contributed by atoms with van der Waals surface area (Å²) in [5.74, 6) is 0.0931. The predicted molar refractivity (Wildman–Crippen MR) is 78.6 cm³/mol. The van der Waals surface area contributed by atoms with Gasteiger partial charge in [0.2, 0.25) is 0 Å². The summed E-state index contributed by atoms with van der Waals surface area (Å²) in [5.41, 5.74) is 0.332. The van der Waals surface area contributed by atoms with Crippen molar-refractivity contribution in [3.05, 3.63) is 29.8 Å². The lowest BCUT2D eigenvalue weighted by atomic mass is 9.96. The van der Waals surface area contributed by atoms with E-state index in [0.717, 1.165) is 12.8 Å².